The van der Waals surface area contributed by atoms with Gasteiger partial charge >= 0.3 is 0 Å². The number of benzene rings is 2. The van der Waals surface area contributed by atoms with Crippen LogP contribution in [0.2, 0.25) is 0 Å². The Morgan fingerprint density at radius 1 is 0.950 bits per heavy atom. The minimum absolute atomic E-state index is 0.267. The van der Waals surface area contributed by atoms with E-state index in [1.165, 1.54) is 11.1 Å². The molecule has 0 amide bonds. The molecular weight excluding hydrogens is 244 g/mol. The lowest BCUT2D eigenvalue weighted by atomic mass is 9.91. The molecule has 2 heteroatoms. The molecule has 2 nitrogen and oxygen atoms in total. The lowest BCUT2D eigenvalue weighted by Crippen LogP contribution is -2.14. The number of hydrogen-bond acceptors (Lipinski definition) is 2. The highest BCUT2D eigenvalue weighted by atomic mass is 14.9. The molecule has 0 saturated heterocycles. The molecule has 1 N–H and O–H groups in total. The highest BCUT2D eigenvalue weighted by Gasteiger charge is 2.15. The SMILES string of the molecule is CC(C)(C#N)CCNc1ccc(-c2ccccc2)cc1. The van der Waals surface area contributed by atoms with Crippen LogP contribution in [0.15, 0.2) is 54.6 Å². The summed E-state index contributed by atoms with van der Waals surface area (Å²) in [5, 5.41) is 12.3. The molecular formula is C18H20N2. The molecule has 20 heavy (non-hydrogen) atoms. The third kappa shape index (κ3) is 3.86. The second-order valence-electron chi connectivity index (χ2n) is 5.62. The molecule has 0 unspecified atom stereocenters. The summed E-state index contributed by atoms with van der Waals surface area (Å²) in [6.45, 7) is 4.74. The topological polar surface area (TPSA) is 35.8 Å². The van der Waals surface area contributed by atoms with Crippen LogP contribution in [-0.4, -0.2) is 6.54 Å². The Hall–Kier alpha value is -2.27. The zero-order valence-corrected chi connectivity index (χ0v) is 12.1. The Balaban J connectivity index is 1.95. The summed E-state index contributed by atoms with van der Waals surface area (Å²) in [6.07, 6.45) is 0.837. The molecule has 0 spiro atoms. The average Bonchev–Trinajstić information content (AvgIpc) is 2.49. The van der Waals surface area contributed by atoms with E-state index in [0.717, 1.165) is 18.7 Å². The van der Waals surface area contributed by atoms with Gasteiger partial charge in [-0.15, -0.1) is 0 Å². The van der Waals surface area contributed by atoms with E-state index < -0.39 is 0 Å². The van der Waals surface area contributed by atoms with E-state index in [1.54, 1.807) is 0 Å². The fourth-order valence-electron chi connectivity index (χ4n) is 1.99. The fourth-order valence-corrected chi connectivity index (χ4v) is 1.99. The van der Waals surface area contributed by atoms with Crippen LogP contribution in [0.3, 0.4) is 0 Å². The van der Waals surface area contributed by atoms with Gasteiger partial charge in [0, 0.05) is 12.2 Å². The maximum atomic E-state index is 8.98. The zero-order chi connectivity index (χ0) is 14.4. The summed E-state index contributed by atoms with van der Waals surface area (Å²) < 4.78 is 0. The number of anilines is 1. The molecule has 0 radical (unpaired) electrons. The van der Waals surface area contributed by atoms with Crippen LogP contribution in [-0.2, 0) is 0 Å². The minimum Gasteiger partial charge on any atom is -0.385 e. The van der Waals surface area contributed by atoms with Crippen molar-refractivity contribution < 1.29 is 0 Å². The molecule has 0 atom stereocenters. The Kier molecular flexibility index (Phi) is 4.42. The Labute approximate surface area is 121 Å². The van der Waals surface area contributed by atoms with Crippen LogP contribution in [0.1, 0.15) is 20.3 Å². The van der Waals surface area contributed by atoms with Gasteiger partial charge < -0.3 is 5.32 Å². The molecule has 0 bridgehead atoms. The van der Waals surface area contributed by atoms with Crippen LogP contribution < -0.4 is 5.32 Å². The summed E-state index contributed by atoms with van der Waals surface area (Å²) >= 11 is 0. The van der Waals surface area contributed by atoms with Gasteiger partial charge in [-0.3, -0.25) is 0 Å². The third-order valence-electron chi connectivity index (χ3n) is 3.37. The normalized spacial score (nSPS) is 10.8. The van der Waals surface area contributed by atoms with E-state index in [9.17, 15) is 0 Å². The maximum Gasteiger partial charge on any atom is 0.0684 e. The molecule has 0 aliphatic carbocycles. The molecule has 102 valence electrons. The van der Waals surface area contributed by atoms with Gasteiger partial charge in [-0.25, -0.2) is 0 Å². The first kappa shape index (κ1) is 14.1. The largest absolute Gasteiger partial charge is 0.385 e. The van der Waals surface area contributed by atoms with Crippen molar-refractivity contribution in [1.29, 1.82) is 5.26 Å². The number of hydrogen-bond donors (Lipinski definition) is 1. The predicted molar refractivity (Wildman–Crippen MR) is 84.4 cm³/mol. The van der Waals surface area contributed by atoms with Crippen molar-refractivity contribution in [2.75, 3.05) is 11.9 Å². The molecule has 2 rings (SSSR count). The smallest absolute Gasteiger partial charge is 0.0684 e. The number of nitrogens with one attached hydrogen (secondary N) is 1. The summed E-state index contributed by atoms with van der Waals surface area (Å²) in [5.74, 6) is 0. The average molecular weight is 264 g/mol. The maximum absolute atomic E-state index is 8.98. The van der Waals surface area contributed by atoms with Gasteiger partial charge in [-0.2, -0.15) is 5.26 Å². The molecule has 2 aromatic carbocycles. The van der Waals surface area contributed by atoms with E-state index in [4.69, 9.17) is 5.26 Å². The first-order valence-corrected chi connectivity index (χ1v) is 6.91. The minimum atomic E-state index is -0.267. The van der Waals surface area contributed by atoms with Crippen molar-refractivity contribution in [2.24, 2.45) is 5.41 Å². The van der Waals surface area contributed by atoms with Gasteiger partial charge in [-0.1, -0.05) is 42.5 Å². The quantitative estimate of drug-likeness (QED) is 0.849. The number of nitriles is 1. The van der Waals surface area contributed by atoms with E-state index >= 15 is 0 Å². The van der Waals surface area contributed by atoms with Gasteiger partial charge in [0.25, 0.3) is 0 Å². The third-order valence-corrected chi connectivity index (χ3v) is 3.37. The first-order valence-electron chi connectivity index (χ1n) is 6.91. The van der Waals surface area contributed by atoms with Gasteiger partial charge in [0.15, 0.2) is 0 Å². The molecule has 0 heterocycles. The summed E-state index contributed by atoms with van der Waals surface area (Å²) in [6, 6.07) is 21.1. The lowest BCUT2D eigenvalue weighted by Gasteiger charge is -2.15. The van der Waals surface area contributed by atoms with Gasteiger partial charge in [-0.05, 0) is 43.5 Å². The second kappa shape index (κ2) is 6.25. The molecule has 2 aromatic rings. The van der Waals surface area contributed by atoms with E-state index in [0.29, 0.717) is 0 Å². The fraction of sp³-hybridized carbons (Fsp3) is 0.278. The summed E-state index contributed by atoms with van der Waals surface area (Å²) in [5.41, 5.74) is 3.27. The highest BCUT2D eigenvalue weighted by Crippen LogP contribution is 2.22. The second-order valence-corrected chi connectivity index (χ2v) is 5.62. The van der Waals surface area contributed by atoms with Crippen LogP contribution in [0.25, 0.3) is 11.1 Å². The number of rotatable bonds is 5. The predicted octanol–water partition coefficient (Wildman–Crippen LogP) is 4.71. The Morgan fingerprint density at radius 2 is 1.55 bits per heavy atom. The molecule has 0 fully saturated rings. The Morgan fingerprint density at radius 3 is 2.15 bits per heavy atom. The van der Waals surface area contributed by atoms with E-state index in [1.807, 2.05) is 32.0 Å². The van der Waals surface area contributed by atoms with Crippen LogP contribution >= 0.6 is 0 Å². The van der Waals surface area contributed by atoms with Crippen LogP contribution in [0, 0.1) is 16.7 Å². The number of nitrogens with zero attached hydrogens (tertiary/aromatic N) is 1. The van der Waals surface area contributed by atoms with Crippen molar-refractivity contribution in [3.63, 3.8) is 0 Å². The van der Waals surface area contributed by atoms with Crippen molar-refractivity contribution >= 4 is 5.69 Å². The van der Waals surface area contributed by atoms with Crippen LogP contribution in [0.4, 0.5) is 5.69 Å². The van der Waals surface area contributed by atoms with Crippen molar-refractivity contribution in [2.45, 2.75) is 20.3 Å². The lowest BCUT2D eigenvalue weighted by molar-refractivity contribution is 0.466. The van der Waals surface area contributed by atoms with Gasteiger partial charge in [0.1, 0.15) is 0 Å². The Bertz CT molecular complexity index is 577. The van der Waals surface area contributed by atoms with Crippen molar-refractivity contribution in [1.82, 2.24) is 0 Å². The van der Waals surface area contributed by atoms with E-state index in [-0.39, 0.29) is 5.41 Å². The standard InChI is InChI=1S/C18H20N2/c1-18(2,14-19)12-13-20-17-10-8-16(9-11-17)15-6-4-3-5-7-15/h3-11,20H,12-13H2,1-2H3. The van der Waals surface area contributed by atoms with Crippen molar-refractivity contribution in [3.05, 3.63) is 54.6 Å². The molecule has 0 aromatic heterocycles. The first-order chi connectivity index (χ1) is 9.61. The molecule has 0 aliphatic rings. The molecule has 0 saturated carbocycles. The monoisotopic (exact) mass is 264 g/mol. The molecule has 0 aliphatic heterocycles. The summed E-state index contributed by atoms with van der Waals surface area (Å²) in [7, 11) is 0. The van der Waals surface area contributed by atoms with Crippen LogP contribution in [0.5, 0.6) is 0 Å². The van der Waals surface area contributed by atoms with Gasteiger partial charge in [0.05, 0.1) is 11.5 Å². The summed E-state index contributed by atoms with van der Waals surface area (Å²) in [4.78, 5) is 0. The van der Waals surface area contributed by atoms with Gasteiger partial charge in [0.2, 0.25) is 0 Å². The zero-order valence-electron chi connectivity index (χ0n) is 12.1. The van der Waals surface area contributed by atoms with Crippen molar-refractivity contribution in [3.8, 4) is 17.2 Å². The highest BCUT2D eigenvalue weighted by molar-refractivity contribution is 5.65. The van der Waals surface area contributed by atoms with E-state index in [2.05, 4.69) is 47.8 Å².